The molecule has 0 saturated carbocycles. The van der Waals surface area contributed by atoms with Gasteiger partial charge in [0, 0.05) is 29.2 Å². The van der Waals surface area contributed by atoms with Gasteiger partial charge in [-0.15, -0.1) is 0 Å². The van der Waals surface area contributed by atoms with E-state index in [9.17, 15) is 19.5 Å². The average molecular weight is 374 g/mol. The Morgan fingerprint density at radius 3 is 2.81 bits per heavy atom. The fourth-order valence-electron chi connectivity index (χ4n) is 3.46. The molecule has 144 valence electrons. The maximum atomic E-state index is 12.5. The molecule has 27 heavy (non-hydrogen) atoms. The van der Waals surface area contributed by atoms with Crippen LogP contribution in [-0.4, -0.2) is 47.2 Å². The SMILES string of the molecule is C=C1C(=O)O[C@@H]2C=C(CO)C3=CC(=O)[C@@](C)(C[C@@H](OC(=O)/C(C)=C\C)[C@@H]12)O3. The number of ketones is 1. The van der Waals surface area contributed by atoms with E-state index in [1.54, 1.807) is 26.8 Å². The second kappa shape index (κ2) is 6.81. The summed E-state index contributed by atoms with van der Waals surface area (Å²) in [5.74, 6) is -1.90. The van der Waals surface area contributed by atoms with Gasteiger partial charge in [0.05, 0.1) is 12.5 Å². The lowest BCUT2D eigenvalue weighted by molar-refractivity contribution is -0.153. The lowest BCUT2D eigenvalue weighted by Gasteiger charge is -2.31. The van der Waals surface area contributed by atoms with Crippen molar-refractivity contribution in [1.82, 2.24) is 0 Å². The van der Waals surface area contributed by atoms with Crippen molar-refractivity contribution in [2.45, 2.75) is 45.0 Å². The predicted molar refractivity (Wildman–Crippen MR) is 94.2 cm³/mol. The van der Waals surface area contributed by atoms with E-state index in [-0.39, 0.29) is 23.5 Å². The molecule has 0 aliphatic carbocycles. The van der Waals surface area contributed by atoms with Crippen LogP contribution in [0, 0.1) is 5.92 Å². The minimum absolute atomic E-state index is 0.0257. The number of allylic oxidation sites excluding steroid dienone is 1. The molecule has 0 aromatic heterocycles. The smallest absolute Gasteiger partial charge is 0.334 e. The summed E-state index contributed by atoms with van der Waals surface area (Å²) in [4.78, 5) is 37.0. The van der Waals surface area contributed by atoms with Crippen LogP contribution in [0.15, 0.2) is 47.3 Å². The van der Waals surface area contributed by atoms with E-state index in [0.717, 1.165) is 0 Å². The second-order valence-electron chi connectivity index (χ2n) is 7.10. The quantitative estimate of drug-likeness (QED) is 0.591. The first-order valence-corrected chi connectivity index (χ1v) is 8.71. The minimum Gasteiger partial charge on any atom is -0.479 e. The number of esters is 2. The summed E-state index contributed by atoms with van der Waals surface area (Å²) in [5, 5.41) is 9.70. The van der Waals surface area contributed by atoms with Gasteiger partial charge in [0.25, 0.3) is 0 Å². The molecule has 3 aliphatic heterocycles. The number of hydrogen-bond donors (Lipinski definition) is 1. The Kier molecular flexibility index (Phi) is 4.82. The van der Waals surface area contributed by atoms with Crippen molar-refractivity contribution in [2.24, 2.45) is 5.92 Å². The molecule has 4 atom stereocenters. The van der Waals surface area contributed by atoms with E-state index >= 15 is 0 Å². The summed E-state index contributed by atoms with van der Waals surface area (Å²) >= 11 is 0. The number of ether oxygens (including phenoxy) is 3. The number of carbonyl (C=O) groups excluding carboxylic acids is 3. The molecule has 0 amide bonds. The first-order valence-electron chi connectivity index (χ1n) is 8.71. The van der Waals surface area contributed by atoms with Crippen LogP contribution in [0.3, 0.4) is 0 Å². The van der Waals surface area contributed by atoms with Crippen LogP contribution in [0.2, 0.25) is 0 Å². The van der Waals surface area contributed by atoms with Gasteiger partial charge < -0.3 is 19.3 Å². The zero-order valence-electron chi connectivity index (χ0n) is 15.5. The summed E-state index contributed by atoms with van der Waals surface area (Å²) in [7, 11) is 0. The van der Waals surface area contributed by atoms with Gasteiger partial charge in [-0.1, -0.05) is 12.7 Å². The highest BCUT2D eigenvalue weighted by molar-refractivity contribution is 6.00. The summed E-state index contributed by atoms with van der Waals surface area (Å²) in [5.41, 5.74) is -0.385. The van der Waals surface area contributed by atoms with Crippen molar-refractivity contribution in [2.75, 3.05) is 6.61 Å². The summed E-state index contributed by atoms with van der Waals surface area (Å²) in [6, 6.07) is 0. The van der Waals surface area contributed by atoms with E-state index in [0.29, 0.717) is 11.1 Å². The molecule has 0 aromatic carbocycles. The molecule has 3 heterocycles. The summed E-state index contributed by atoms with van der Waals surface area (Å²) in [6.45, 7) is 8.31. The Balaban J connectivity index is 2.07. The third-order valence-corrected chi connectivity index (χ3v) is 5.24. The predicted octanol–water partition coefficient (Wildman–Crippen LogP) is 1.53. The molecule has 0 spiro atoms. The first kappa shape index (κ1) is 19.1. The number of aliphatic hydroxyl groups excluding tert-OH is 1. The first-order chi connectivity index (χ1) is 12.7. The Bertz CT molecular complexity index is 816. The van der Waals surface area contributed by atoms with Gasteiger partial charge in [0.15, 0.2) is 5.60 Å². The van der Waals surface area contributed by atoms with E-state index in [4.69, 9.17) is 14.2 Å². The molecular weight excluding hydrogens is 352 g/mol. The van der Waals surface area contributed by atoms with Crippen LogP contribution >= 0.6 is 0 Å². The van der Waals surface area contributed by atoms with Crippen molar-refractivity contribution >= 4 is 17.7 Å². The number of fused-ring (bicyclic) bond motifs is 3. The lowest BCUT2D eigenvalue weighted by atomic mass is 9.82. The third kappa shape index (κ3) is 3.23. The molecule has 0 radical (unpaired) electrons. The standard InChI is InChI=1S/C20H22O7/c1-5-10(2)18(23)26-15-8-20(4)16(22)7-13(27-20)12(9-21)6-14-17(15)11(3)19(24)25-14/h5-7,14-15,17,21H,3,8-9H2,1-2,4H3/b10-5-,12-6?/t14-,15-,17+,20-/m1/s1. The topological polar surface area (TPSA) is 99.1 Å². The van der Waals surface area contributed by atoms with E-state index in [1.165, 1.54) is 12.2 Å². The molecule has 0 unspecified atom stereocenters. The minimum atomic E-state index is -1.28. The van der Waals surface area contributed by atoms with Gasteiger partial charge in [-0.05, 0) is 26.8 Å². The second-order valence-corrected chi connectivity index (χ2v) is 7.10. The van der Waals surface area contributed by atoms with Crippen LogP contribution in [0.1, 0.15) is 27.2 Å². The van der Waals surface area contributed by atoms with Gasteiger partial charge in [0.1, 0.15) is 18.0 Å². The van der Waals surface area contributed by atoms with Crippen LogP contribution < -0.4 is 0 Å². The highest BCUT2D eigenvalue weighted by Crippen LogP contribution is 2.42. The molecule has 3 aliphatic rings. The molecule has 7 nitrogen and oxygen atoms in total. The van der Waals surface area contributed by atoms with E-state index in [2.05, 4.69) is 6.58 Å². The van der Waals surface area contributed by atoms with Gasteiger partial charge in [-0.3, -0.25) is 4.79 Å². The summed E-state index contributed by atoms with van der Waals surface area (Å²) in [6.07, 6.45) is 2.83. The number of rotatable bonds is 3. The fraction of sp³-hybridized carbons (Fsp3) is 0.450. The molecule has 3 rings (SSSR count). The molecule has 0 aromatic rings. The highest BCUT2D eigenvalue weighted by atomic mass is 16.6. The largest absolute Gasteiger partial charge is 0.479 e. The maximum absolute atomic E-state index is 12.5. The lowest BCUT2D eigenvalue weighted by Crippen LogP contribution is -2.42. The van der Waals surface area contributed by atoms with Gasteiger partial charge in [0.2, 0.25) is 5.78 Å². The molecular formula is C20H22O7. The van der Waals surface area contributed by atoms with Gasteiger partial charge in [-0.2, -0.15) is 0 Å². The van der Waals surface area contributed by atoms with Crippen LogP contribution in [0.5, 0.6) is 0 Å². The van der Waals surface area contributed by atoms with Crippen molar-refractivity contribution in [3.8, 4) is 0 Å². The summed E-state index contributed by atoms with van der Waals surface area (Å²) < 4.78 is 16.8. The molecule has 2 bridgehead atoms. The fourth-order valence-corrected chi connectivity index (χ4v) is 3.46. The molecule has 1 N–H and O–H groups in total. The van der Waals surface area contributed by atoms with Crippen molar-refractivity contribution in [3.63, 3.8) is 0 Å². The van der Waals surface area contributed by atoms with Gasteiger partial charge in [-0.25, -0.2) is 9.59 Å². The Morgan fingerprint density at radius 2 is 2.19 bits per heavy atom. The van der Waals surface area contributed by atoms with Crippen molar-refractivity contribution < 1.29 is 33.7 Å². The Labute approximate surface area is 157 Å². The Hall–Kier alpha value is -2.67. The van der Waals surface area contributed by atoms with Gasteiger partial charge >= 0.3 is 11.9 Å². The number of hydrogen-bond acceptors (Lipinski definition) is 7. The number of aliphatic hydroxyl groups is 1. The average Bonchev–Trinajstić information content (AvgIpc) is 3.08. The van der Waals surface area contributed by atoms with Crippen molar-refractivity contribution in [1.29, 1.82) is 0 Å². The van der Waals surface area contributed by atoms with E-state index < -0.39 is 42.3 Å². The highest BCUT2D eigenvalue weighted by Gasteiger charge is 2.52. The number of carbonyl (C=O) groups is 3. The molecule has 1 fully saturated rings. The van der Waals surface area contributed by atoms with Crippen molar-refractivity contribution in [3.05, 3.63) is 47.3 Å². The molecule has 7 heteroatoms. The van der Waals surface area contributed by atoms with Crippen LogP contribution in [0.4, 0.5) is 0 Å². The third-order valence-electron chi connectivity index (χ3n) is 5.24. The maximum Gasteiger partial charge on any atom is 0.334 e. The normalized spacial score (nSPS) is 33.1. The monoisotopic (exact) mass is 374 g/mol. The molecule has 1 saturated heterocycles. The zero-order valence-corrected chi connectivity index (χ0v) is 15.5. The zero-order chi connectivity index (χ0) is 19.9. The Morgan fingerprint density at radius 1 is 1.48 bits per heavy atom. The van der Waals surface area contributed by atoms with E-state index in [1.807, 2.05) is 0 Å². The van der Waals surface area contributed by atoms with Crippen LogP contribution in [-0.2, 0) is 28.6 Å². The van der Waals surface area contributed by atoms with Crippen LogP contribution in [0.25, 0.3) is 0 Å².